The van der Waals surface area contributed by atoms with Gasteiger partial charge in [-0.2, -0.15) is 0 Å². The summed E-state index contributed by atoms with van der Waals surface area (Å²) >= 11 is 0. The van der Waals surface area contributed by atoms with Crippen LogP contribution in [0.15, 0.2) is 0 Å². The molecule has 0 aliphatic carbocycles. The maximum atomic E-state index is 12.4. The quantitative estimate of drug-likeness (QED) is 0.109. The zero-order valence-corrected chi connectivity index (χ0v) is 39.5. The van der Waals surface area contributed by atoms with Gasteiger partial charge >= 0.3 is 141 Å². The molecule has 0 saturated carbocycles. The molecule has 0 fully saturated rings. The predicted octanol–water partition coefficient (Wildman–Crippen LogP) is -7.96. The van der Waals surface area contributed by atoms with E-state index in [2.05, 4.69) is 0 Å². The van der Waals surface area contributed by atoms with Crippen LogP contribution in [-0.4, -0.2) is 149 Å². The van der Waals surface area contributed by atoms with Gasteiger partial charge in [0.15, 0.2) is 0 Å². The van der Waals surface area contributed by atoms with E-state index in [1.54, 1.807) is 0 Å². The molecule has 0 radical (unpaired) electrons. The molecule has 0 spiro atoms. The van der Waals surface area contributed by atoms with Crippen molar-refractivity contribution in [2.45, 2.75) is 19.6 Å². The van der Waals surface area contributed by atoms with Gasteiger partial charge < -0.3 is 84.4 Å². The lowest BCUT2D eigenvalue weighted by atomic mass is 11.8. The summed E-state index contributed by atoms with van der Waals surface area (Å²) in [5.74, 6) is 0. The Morgan fingerprint density at radius 1 is 0.366 bits per heavy atom. The van der Waals surface area contributed by atoms with Crippen LogP contribution in [0.4, 0.5) is 0 Å². The van der Waals surface area contributed by atoms with E-state index in [9.17, 15) is 80.3 Å². The molecule has 0 aliphatic heterocycles. The van der Waals surface area contributed by atoms with Gasteiger partial charge in [-0.1, -0.05) is 0 Å². The standard InChI is InChI=1S/C3H10O19Si19/c1-41(2,3)22-24(5)26(7)28(9)30(11)32(13)34(15)36(17)38(19)40(21)39(20)37(18)35(16)33(14)31(12)29(10)27(8)25(6)23-4/h23H,1-3H3. The Bertz CT molecular complexity index is 1500. The fourth-order valence-electron chi connectivity index (χ4n) is 1.92. The van der Waals surface area contributed by atoms with Crippen molar-refractivity contribution in [1.29, 1.82) is 0 Å². The van der Waals surface area contributed by atoms with Crippen LogP contribution in [0.25, 0.3) is 0 Å². The molecular formula is C3H10O19Si19. The second-order valence-corrected chi connectivity index (χ2v) is 94.5. The minimum absolute atomic E-state index is 1.53. The summed E-state index contributed by atoms with van der Waals surface area (Å²) in [5.41, 5.74) is 0. The number of hydrogen-bond acceptors (Lipinski definition) is 19. The van der Waals surface area contributed by atoms with Gasteiger partial charge in [0.05, 0.1) is 0 Å². The Morgan fingerprint density at radius 3 is 0.756 bits per heavy atom. The molecule has 0 aromatic rings. The normalized spacial score (nSPS) is 10.1. The minimum atomic E-state index is -4.33. The van der Waals surface area contributed by atoms with Crippen LogP contribution < -0.4 is 0 Å². The summed E-state index contributed by atoms with van der Waals surface area (Å²) in [5, 5.41) is 0. The molecule has 212 valence electrons. The predicted molar refractivity (Wildman–Crippen MR) is 142 cm³/mol. The lowest BCUT2D eigenvalue weighted by molar-refractivity contribution is 0.462. The lowest BCUT2D eigenvalue weighted by Crippen LogP contribution is -2.56. The molecular weight excluding hydrogens is 874 g/mol. The summed E-state index contributed by atoms with van der Waals surface area (Å²) in [4.78, 5) is 0. The van der Waals surface area contributed by atoms with E-state index in [-0.39, 0.29) is 0 Å². The smallest absolute Gasteiger partial charge is 0.532 e. The van der Waals surface area contributed by atoms with Crippen LogP contribution in [0.2, 0.25) is 19.6 Å². The molecule has 38 heteroatoms. The molecule has 0 aliphatic rings. The molecule has 0 N–H and O–H groups in total. The van der Waals surface area contributed by atoms with E-state index in [4.69, 9.17) is 4.12 Å². The molecule has 0 atom stereocenters. The van der Waals surface area contributed by atoms with Gasteiger partial charge in [0, 0.05) is 0 Å². The zero-order chi connectivity index (χ0) is 32.7. The molecule has 0 aromatic heterocycles. The average Bonchev–Trinajstić information content (AvgIpc) is 2.93. The first-order valence-electron chi connectivity index (χ1n) is 9.90. The third kappa shape index (κ3) is 11.6. The Balaban J connectivity index is 5.65. The second kappa shape index (κ2) is 17.7. The maximum absolute atomic E-state index is 12.4. The van der Waals surface area contributed by atoms with E-state index in [1.165, 1.54) is 19.6 Å². The molecule has 0 aromatic carbocycles. The van der Waals surface area contributed by atoms with E-state index >= 15 is 0 Å². The van der Waals surface area contributed by atoms with E-state index < -0.39 is 149 Å². The summed E-state index contributed by atoms with van der Waals surface area (Å²) < 4.78 is 222. The summed E-state index contributed by atoms with van der Waals surface area (Å²) in [7, 11) is -73.7. The first kappa shape index (κ1) is 41.3. The van der Waals surface area contributed by atoms with Gasteiger partial charge in [0.1, 0.15) is 0 Å². The molecule has 0 bridgehead atoms. The van der Waals surface area contributed by atoms with Crippen molar-refractivity contribution in [3.63, 3.8) is 0 Å². The zero-order valence-electron chi connectivity index (χ0n) is 20.3. The minimum Gasteiger partial charge on any atom is -0.578 e. The van der Waals surface area contributed by atoms with Gasteiger partial charge in [0.2, 0.25) is 8.32 Å². The van der Waals surface area contributed by atoms with Crippen molar-refractivity contribution < 1.29 is 84.4 Å². The highest BCUT2D eigenvalue weighted by Gasteiger charge is 2.55. The molecule has 0 saturated heterocycles. The van der Waals surface area contributed by atoms with Crippen molar-refractivity contribution >= 4 is 149 Å². The van der Waals surface area contributed by atoms with Gasteiger partial charge in [-0.15, -0.1) is 0 Å². The summed E-state index contributed by atoms with van der Waals surface area (Å²) in [6.07, 6.45) is 0. The van der Waals surface area contributed by atoms with E-state index in [1.807, 2.05) is 0 Å². The average molecular weight is 884 g/mol. The Labute approximate surface area is 251 Å². The van der Waals surface area contributed by atoms with Crippen LogP contribution in [0.5, 0.6) is 0 Å². The maximum Gasteiger partial charge on any atom is 0.532 e. The lowest BCUT2D eigenvalue weighted by Gasteiger charge is -2.16. The summed E-state index contributed by atoms with van der Waals surface area (Å²) in [6, 6.07) is 0. The third-order valence-corrected chi connectivity index (χ3v) is 134. The van der Waals surface area contributed by atoms with E-state index in [0.29, 0.717) is 0 Å². The van der Waals surface area contributed by atoms with Crippen LogP contribution in [0.1, 0.15) is 0 Å². The number of rotatable bonds is 19. The van der Waals surface area contributed by atoms with Crippen molar-refractivity contribution in [3.05, 3.63) is 0 Å². The molecule has 0 amide bonds. The van der Waals surface area contributed by atoms with Gasteiger partial charge in [-0.05, 0) is 19.6 Å². The monoisotopic (exact) mass is 882 g/mol. The van der Waals surface area contributed by atoms with Crippen LogP contribution in [0.3, 0.4) is 0 Å². The van der Waals surface area contributed by atoms with Gasteiger partial charge in [0.25, 0.3) is 0 Å². The van der Waals surface area contributed by atoms with Crippen LogP contribution in [0, 0.1) is 0 Å². The fraction of sp³-hybridized carbons (Fsp3) is 1.00. The van der Waals surface area contributed by atoms with Gasteiger partial charge in [-0.3, -0.25) is 0 Å². The second-order valence-electron chi connectivity index (χ2n) is 7.92. The first-order valence-corrected chi connectivity index (χ1v) is 55.4. The van der Waals surface area contributed by atoms with Gasteiger partial charge in [-0.25, -0.2) is 0 Å². The first-order chi connectivity index (χ1) is 18.5. The third-order valence-electron chi connectivity index (χ3n) is 3.80. The van der Waals surface area contributed by atoms with Crippen LogP contribution >= 0.6 is 0 Å². The van der Waals surface area contributed by atoms with Crippen molar-refractivity contribution in [3.8, 4) is 0 Å². The molecule has 41 heavy (non-hydrogen) atoms. The molecule has 19 nitrogen and oxygen atoms in total. The van der Waals surface area contributed by atoms with Crippen molar-refractivity contribution in [2.24, 2.45) is 0 Å². The summed E-state index contributed by atoms with van der Waals surface area (Å²) in [6.45, 7) is 4.59. The Hall–Kier alpha value is 0.321. The Morgan fingerprint density at radius 2 is 0.561 bits per heavy atom. The SMILES string of the molecule is C[Si](C)(C)O[Si](=O)[Si](=O)[Si](=O)[Si](=O)[Si](=O)[Si](=O)[Si](=O)[Si](=O)[Si](=O)[Si](=O)[Si](=O)[Si](=O)[Si](=O)[Si](=O)[Si](=O)[Si](=O)[Si](=O)[SiH]=O. The highest BCUT2D eigenvalue weighted by atomic mass is 30.1. The largest absolute Gasteiger partial charge is 0.578 e. The molecule has 0 unspecified atom stereocenters. The van der Waals surface area contributed by atoms with E-state index in [0.717, 1.165) is 0 Å². The number of hydrogen-bond donors (Lipinski definition) is 0. The molecule has 0 rings (SSSR count). The highest BCUT2D eigenvalue weighted by molar-refractivity contribution is 7.81. The van der Waals surface area contributed by atoms with Crippen molar-refractivity contribution in [1.82, 2.24) is 0 Å². The fourth-order valence-corrected chi connectivity index (χ4v) is 190. The highest BCUT2D eigenvalue weighted by Crippen LogP contribution is 2.02. The van der Waals surface area contributed by atoms with Crippen LogP contribution in [-0.2, 0) is 84.4 Å². The molecule has 0 heterocycles. The Kier molecular flexibility index (Phi) is 17.9. The topological polar surface area (TPSA) is 316 Å². The van der Waals surface area contributed by atoms with Crippen molar-refractivity contribution in [2.75, 3.05) is 0 Å².